The van der Waals surface area contributed by atoms with E-state index in [2.05, 4.69) is 22.0 Å². The number of rotatable bonds is 6. The molecule has 1 aromatic carbocycles. The molecule has 1 aromatic rings. The topological polar surface area (TPSA) is 26.7 Å². The summed E-state index contributed by atoms with van der Waals surface area (Å²) >= 11 is 0. The Morgan fingerprint density at radius 1 is 1.08 bits per heavy atom. The van der Waals surface area contributed by atoms with Crippen LogP contribution in [0.3, 0.4) is 0 Å². The second-order valence-corrected chi connectivity index (χ2v) is 7.41. The molecule has 0 radical (unpaired) electrons. The summed E-state index contributed by atoms with van der Waals surface area (Å²) < 4.78 is 12.9. The largest absolute Gasteiger partial charge is 0.396 e. The van der Waals surface area contributed by atoms with Crippen LogP contribution in [0.4, 0.5) is 4.39 Å². The lowest BCUT2D eigenvalue weighted by atomic mass is 9.92. The Morgan fingerprint density at radius 2 is 1.84 bits per heavy atom. The first-order valence-corrected chi connectivity index (χ1v) is 9.77. The third-order valence-electron chi connectivity index (χ3n) is 5.66. The molecule has 1 heterocycles. The molecule has 2 fully saturated rings. The summed E-state index contributed by atoms with van der Waals surface area (Å²) in [4.78, 5) is 5.15. The second kappa shape index (κ2) is 9.46. The maximum absolute atomic E-state index is 12.9. The standard InChI is InChI=1S/C21H31FN2O/c22-19-10-8-18(9-11-19)5-4-13-23-14-15-24(21(17-23)12-16-25)20-6-2-1-3-7-20/h4-5,8-11,20-21,25H,1-3,6-7,12-17H2/b5-4+/t21-/m1/s1. The highest BCUT2D eigenvalue weighted by Gasteiger charge is 2.31. The highest BCUT2D eigenvalue weighted by molar-refractivity contribution is 5.48. The number of piperazine rings is 1. The van der Waals surface area contributed by atoms with E-state index in [9.17, 15) is 9.50 Å². The number of hydrogen-bond donors (Lipinski definition) is 1. The first-order valence-electron chi connectivity index (χ1n) is 9.77. The van der Waals surface area contributed by atoms with Crippen molar-refractivity contribution in [3.8, 4) is 0 Å². The first kappa shape index (κ1) is 18.6. The average Bonchev–Trinajstić information content (AvgIpc) is 2.65. The molecule has 4 heteroatoms. The van der Waals surface area contributed by atoms with Gasteiger partial charge < -0.3 is 5.11 Å². The first-order chi connectivity index (χ1) is 12.3. The molecule has 138 valence electrons. The van der Waals surface area contributed by atoms with E-state index in [4.69, 9.17) is 0 Å². The van der Waals surface area contributed by atoms with E-state index in [0.717, 1.165) is 44.2 Å². The molecule has 25 heavy (non-hydrogen) atoms. The monoisotopic (exact) mass is 346 g/mol. The molecule has 0 amide bonds. The summed E-state index contributed by atoms with van der Waals surface area (Å²) in [6, 6.07) is 7.81. The van der Waals surface area contributed by atoms with Gasteiger partial charge in [-0.05, 0) is 37.0 Å². The zero-order valence-electron chi connectivity index (χ0n) is 15.1. The molecule has 1 aliphatic heterocycles. The molecular weight excluding hydrogens is 315 g/mol. The molecule has 2 aliphatic rings. The van der Waals surface area contributed by atoms with Crippen LogP contribution in [0, 0.1) is 5.82 Å². The van der Waals surface area contributed by atoms with E-state index in [1.165, 1.54) is 44.2 Å². The van der Waals surface area contributed by atoms with Crippen LogP contribution in [0.15, 0.2) is 30.3 Å². The highest BCUT2D eigenvalue weighted by Crippen LogP contribution is 2.27. The normalized spacial score (nSPS) is 24.2. The minimum absolute atomic E-state index is 0.192. The Morgan fingerprint density at radius 3 is 2.56 bits per heavy atom. The van der Waals surface area contributed by atoms with Crippen LogP contribution in [0.25, 0.3) is 6.08 Å². The Bertz CT molecular complexity index is 539. The van der Waals surface area contributed by atoms with Crippen molar-refractivity contribution in [3.05, 3.63) is 41.7 Å². The third kappa shape index (κ3) is 5.37. The van der Waals surface area contributed by atoms with Gasteiger partial charge in [0, 0.05) is 44.9 Å². The third-order valence-corrected chi connectivity index (χ3v) is 5.66. The van der Waals surface area contributed by atoms with Crippen LogP contribution in [-0.2, 0) is 0 Å². The zero-order valence-corrected chi connectivity index (χ0v) is 15.1. The van der Waals surface area contributed by atoms with E-state index >= 15 is 0 Å². The van der Waals surface area contributed by atoms with Gasteiger partial charge in [-0.25, -0.2) is 4.39 Å². The Balaban J connectivity index is 1.53. The molecular formula is C21H31FN2O. The van der Waals surface area contributed by atoms with Gasteiger partial charge in [0.25, 0.3) is 0 Å². The van der Waals surface area contributed by atoms with Crippen LogP contribution >= 0.6 is 0 Å². The fraction of sp³-hybridized carbons (Fsp3) is 0.619. The molecule has 3 rings (SSSR count). The zero-order chi connectivity index (χ0) is 17.5. The van der Waals surface area contributed by atoms with E-state index in [1.807, 2.05) is 0 Å². The van der Waals surface area contributed by atoms with Crippen molar-refractivity contribution in [2.45, 2.75) is 50.6 Å². The minimum Gasteiger partial charge on any atom is -0.396 e. The molecule has 1 saturated carbocycles. The Kier molecular flexibility index (Phi) is 7.02. The number of aliphatic hydroxyl groups excluding tert-OH is 1. The van der Waals surface area contributed by atoms with Gasteiger partial charge in [0.1, 0.15) is 5.82 Å². The minimum atomic E-state index is -0.192. The summed E-state index contributed by atoms with van der Waals surface area (Å²) in [6.45, 7) is 4.42. The summed E-state index contributed by atoms with van der Waals surface area (Å²) in [5, 5.41) is 9.48. The molecule has 0 unspecified atom stereocenters. The summed E-state index contributed by atoms with van der Waals surface area (Å²) in [5.74, 6) is -0.192. The van der Waals surface area contributed by atoms with Crippen molar-refractivity contribution in [2.24, 2.45) is 0 Å². The lowest BCUT2D eigenvalue weighted by Crippen LogP contribution is -2.57. The van der Waals surface area contributed by atoms with E-state index < -0.39 is 0 Å². The quantitative estimate of drug-likeness (QED) is 0.853. The maximum atomic E-state index is 12.9. The Hall–Kier alpha value is -1.23. The SMILES string of the molecule is OCC[C@@H]1CN(C/C=C/c2ccc(F)cc2)CCN1C1CCCCC1. The van der Waals surface area contributed by atoms with E-state index in [1.54, 1.807) is 12.1 Å². The van der Waals surface area contributed by atoms with Gasteiger partial charge in [-0.3, -0.25) is 9.80 Å². The fourth-order valence-electron chi connectivity index (χ4n) is 4.31. The second-order valence-electron chi connectivity index (χ2n) is 7.41. The summed E-state index contributed by atoms with van der Waals surface area (Å²) in [7, 11) is 0. The summed E-state index contributed by atoms with van der Waals surface area (Å²) in [6.07, 6.45) is 11.9. The van der Waals surface area contributed by atoms with Gasteiger partial charge >= 0.3 is 0 Å². The Labute approximate surface area is 151 Å². The summed E-state index contributed by atoms with van der Waals surface area (Å²) in [5.41, 5.74) is 1.04. The van der Waals surface area contributed by atoms with Gasteiger partial charge in [-0.2, -0.15) is 0 Å². The van der Waals surface area contributed by atoms with Gasteiger partial charge in [0.05, 0.1) is 0 Å². The maximum Gasteiger partial charge on any atom is 0.123 e. The molecule has 1 N–H and O–H groups in total. The van der Waals surface area contributed by atoms with Crippen molar-refractivity contribution < 1.29 is 9.50 Å². The fourth-order valence-corrected chi connectivity index (χ4v) is 4.31. The average molecular weight is 346 g/mol. The molecule has 0 bridgehead atoms. The van der Waals surface area contributed by atoms with Crippen LogP contribution < -0.4 is 0 Å². The van der Waals surface area contributed by atoms with Crippen LogP contribution in [-0.4, -0.2) is 59.8 Å². The van der Waals surface area contributed by atoms with Crippen LogP contribution in [0.5, 0.6) is 0 Å². The number of hydrogen-bond acceptors (Lipinski definition) is 3. The molecule has 0 spiro atoms. The van der Waals surface area contributed by atoms with Gasteiger partial charge in [-0.1, -0.05) is 43.5 Å². The lowest BCUT2D eigenvalue weighted by Gasteiger charge is -2.46. The van der Waals surface area contributed by atoms with Gasteiger partial charge in [-0.15, -0.1) is 0 Å². The highest BCUT2D eigenvalue weighted by atomic mass is 19.1. The van der Waals surface area contributed by atoms with Gasteiger partial charge in [0.15, 0.2) is 0 Å². The molecule has 3 nitrogen and oxygen atoms in total. The molecule has 1 atom stereocenters. The molecule has 0 aromatic heterocycles. The predicted molar refractivity (Wildman–Crippen MR) is 101 cm³/mol. The lowest BCUT2D eigenvalue weighted by molar-refractivity contribution is 0.0206. The molecule has 1 aliphatic carbocycles. The van der Waals surface area contributed by atoms with Crippen molar-refractivity contribution >= 4 is 6.08 Å². The van der Waals surface area contributed by atoms with E-state index in [-0.39, 0.29) is 12.4 Å². The molecule has 1 saturated heterocycles. The van der Waals surface area contributed by atoms with Crippen LogP contribution in [0.2, 0.25) is 0 Å². The smallest absolute Gasteiger partial charge is 0.123 e. The number of nitrogens with zero attached hydrogens (tertiary/aromatic N) is 2. The predicted octanol–water partition coefficient (Wildman–Crippen LogP) is 3.54. The van der Waals surface area contributed by atoms with Gasteiger partial charge in [0.2, 0.25) is 0 Å². The van der Waals surface area contributed by atoms with E-state index in [0.29, 0.717) is 6.04 Å². The van der Waals surface area contributed by atoms with Crippen molar-refractivity contribution in [2.75, 3.05) is 32.8 Å². The van der Waals surface area contributed by atoms with Crippen molar-refractivity contribution in [1.82, 2.24) is 9.80 Å². The van der Waals surface area contributed by atoms with Crippen molar-refractivity contribution in [1.29, 1.82) is 0 Å². The number of aliphatic hydroxyl groups is 1. The number of benzene rings is 1. The number of halogens is 1. The van der Waals surface area contributed by atoms with Crippen molar-refractivity contribution in [3.63, 3.8) is 0 Å². The van der Waals surface area contributed by atoms with Crippen LogP contribution in [0.1, 0.15) is 44.1 Å².